The Hall–Kier alpha value is -0.970. The Labute approximate surface area is 210 Å². The molecule has 0 N–H and O–H groups in total. The van der Waals surface area contributed by atoms with Crippen molar-refractivity contribution in [3.05, 3.63) is 56.3 Å². The van der Waals surface area contributed by atoms with Gasteiger partial charge in [0, 0.05) is 11.1 Å². The summed E-state index contributed by atoms with van der Waals surface area (Å²) in [5, 5.41) is 1.20. The van der Waals surface area contributed by atoms with E-state index >= 15 is 0 Å². The van der Waals surface area contributed by atoms with Crippen LogP contribution in [-0.4, -0.2) is 31.8 Å². The number of hydrogen-bond donors (Lipinski definition) is 0. The van der Waals surface area contributed by atoms with E-state index in [2.05, 4.69) is 29.1 Å². The van der Waals surface area contributed by atoms with E-state index in [1.807, 2.05) is 0 Å². The van der Waals surface area contributed by atoms with Gasteiger partial charge >= 0.3 is 0 Å². The van der Waals surface area contributed by atoms with Crippen LogP contribution < -0.4 is 9.47 Å². The maximum Gasteiger partial charge on any atom is 0.266 e. The summed E-state index contributed by atoms with van der Waals surface area (Å²) in [4.78, 5) is 1.36. The van der Waals surface area contributed by atoms with Crippen molar-refractivity contribution in [2.45, 2.75) is 10.1 Å². The molecule has 0 spiro atoms. The van der Waals surface area contributed by atoms with Crippen LogP contribution in [0.25, 0.3) is 16.3 Å². The molecule has 0 bridgehead atoms. The number of fused-ring (bicyclic) bond motifs is 2. The zero-order valence-electron chi connectivity index (χ0n) is 15.9. The largest absolute Gasteiger partial charge is 0.747 e. The molecule has 3 heterocycles. The van der Waals surface area contributed by atoms with E-state index in [1.54, 1.807) is 30.3 Å². The van der Waals surface area contributed by atoms with Crippen LogP contribution in [0.4, 0.5) is 5.69 Å². The van der Waals surface area contributed by atoms with Crippen LogP contribution in [0, 0.1) is 0 Å². The fourth-order valence-corrected chi connectivity index (χ4v) is 8.76. The van der Waals surface area contributed by atoms with Crippen molar-refractivity contribution in [1.29, 1.82) is 0 Å². The number of nitrogens with zero attached hydrogens (tertiary/aromatic N) is 2. The molecule has 0 aliphatic carbocycles. The van der Waals surface area contributed by atoms with Gasteiger partial charge in [-0.3, -0.25) is 0 Å². The first-order valence-electron chi connectivity index (χ1n) is 8.35. The molecule has 1 aliphatic heterocycles. The standard InChI is InChI=1S/C15H10BrClN2O6S5.C2H4/c16-12-4-10-15(27-12)28-14(19(10)7-30(23,24)25)5-13-18(6-29(20,21)22)9-3-8(17)1-2-11(9)26-13;1-2/h1-5H,6-7H2,(H-,20,21,22,23,24,25);1-2H2/p-1. The number of anilines is 1. The Morgan fingerprint density at radius 3 is 2.44 bits per heavy atom. The van der Waals surface area contributed by atoms with Crippen LogP contribution in [0.15, 0.2) is 50.4 Å². The second-order valence-electron chi connectivity index (χ2n) is 6.09. The molecular weight excluding hydrogens is 604 g/mol. The fourth-order valence-electron chi connectivity index (χ4n) is 2.84. The smallest absolute Gasteiger partial charge is 0.266 e. The minimum Gasteiger partial charge on any atom is -0.747 e. The fraction of sp³-hybridized carbons (Fsp3) is 0.118. The molecule has 2 aromatic heterocycles. The SMILES string of the molecule is C=C.O=S(=O)([O-])CN1C(=Cc2sc3ccc(Cl)cc3[n+]2CS(=O)(=O)[O-])Sc2sc(Br)cc21. The maximum absolute atomic E-state index is 11.5. The van der Waals surface area contributed by atoms with Gasteiger partial charge in [0.25, 0.3) is 5.01 Å². The molecule has 4 rings (SSSR count). The van der Waals surface area contributed by atoms with Crippen LogP contribution in [0.5, 0.6) is 0 Å². The molecule has 3 aromatic rings. The van der Waals surface area contributed by atoms with Crippen molar-refractivity contribution < 1.29 is 30.5 Å². The summed E-state index contributed by atoms with van der Waals surface area (Å²) in [6, 6.07) is 6.60. The van der Waals surface area contributed by atoms with Crippen LogP contribution >= 0.6 is 62.0 Å². The summed E-state index contributed by atoms with van der Waals surface area (Å²) < 4.78 is 72.4. The Kier molecular flexibility index (Phi) is 7.79. The van der Waals surface area contributed by atoms with Gasteiger partial charge in [-0.05, 0) is 34.1 Å². The summed E-state index contributed by atoms with van der Waals surface area (Å²) in [5.74, 6) is -1.59. The molecule has 172 valence electrons. The van der Waals surface area contributed by atoms with Crippen molar-refractivity contribution in [3.63, 3.8) is 0 Å². The van der Waals surface area contributed by atoms with Gasteiger partial charge in [0.15, 0.2) is 10.1 Å². The van der Waals surface area contributed by atoms with E-state index < -0.39 is 32.0 Å². The summed E-state index contributed by atoms with van der Waals surface area (Å²) in [5.41, 5.74) is 1.02. The molecule has 0 amide bonds. The summed E-state index contributed by atoms with van der Waals surface area (Å²) in [6.45, 7) is 6.00. The highest BCUT2D eigenvalue weighted by molar-refractivity contribution is 9.11. The molecular formula is C17H13BrClN2O6S5-. The van der Waals surface area contributed by atoms with Gasteiger partial charge in [0.05, 0.1) is 24.8 Å². The maximum atomic E-state index is 11.5. The summed E-state index contributed by atoms with van der Waals surface area (Å²) in [7, 11) is -9.21. The Balaban J connectivity index is 0.00000141. The van der Waals surface area contributed by atoms with E-state index in [4.69, 9.17) is 11.6 Å². The van der Waals surface area contributed by atoms with Gasteiger partial charge in [-0.1, -0.05) is 34.7 Å². The second-order valence-corrected chi connectivity index (χ2v) is 14.1. The lowest BCUT2D eigenvalue weighted by molar-refractivity contribution is -0.649. The van der Waals surface area contributed by atoms with Crippen LogP contribution in [0.3, 0.4) is 0 Å². The molecule has 32 heavy (non-hydrogen) atoms. The third-order valence-corrected chi connectivity index (χ3v) is 9.28. The number of hydrogen-bond acceptors (Lipinski definition) is 10. The molecule has 0 radical (unpaired) electrons. The molecule has 0 saturated carbocycles. The van der Waals surface area contributed by atoms with Crippen molar-refractivity contribution in [2.75, 3.05) is 10.8 Å². The molecule has 0 atom stereocenters. The molecule has 0 fully saturated rings. The second kappa shape index (κ2) is 9.72. The van der Waals surface area contributed by atoms with Crippen molar-refractivity contribution >= 4 is 104 Å². The van der Waals surface area contributed by atoms with Gasteiger partial charge in [0.2, 0.25) is 11.4 Å². The van der Waals surface area contributed by atoms with Crippen molar-refractivity contribution in [2.24, 2.45) is 0 Å². The quantitative estimate of drug-likeness (QED) is 0.235. The van der Waals surface area contributed by atoms with Gasteiger partial charge in [0.1, 0.15) is 20.7 Å². The number of benzene rings is 1. The molecule has 0 unspecified atom stereocenters. The normalized spacial score (nSPS) is 15.1. The van der Waals surface area contributed by atoms with E-state index in [0.29, 0.717) is 31.0 Å². The van der Waals surface area contributed by atoms with E-state index in [1.165, 1.54) is 43.9 Å². The number of aromatic nitrogens is 1. The van der Waals surface area contributed by atoms with Crippen LogP contribution in [0.1, 0.15) is 5.01 Å². The van der Waals surface area contributed by atoms with Gasteiger partial charge in [-0.25, -0.2) is 16.8 Å². The van der Waals surface area contributed by atoms with Crippen LogP contribution in [-0.2, 0) is 26.1 Å². The Morgan fingerprint density at radius 1 is 1.12 bits per heavy atom. The zero-order valence-corrected chi connectivity index (χ0v) is 22.3. The predicted molar refractivity (Wildman–Crippen MR) is 131 cm³/mol. The number of thioether (sulfide) groups is 1. The lowest BCUT2D eigenvalue weighted by Gasteiger charge is -2.21. The molecule has 1 aliphatic rings. The van der Waals surface area contributed by atoms with Crippen molar-refractivity contribution in [1.82, 2.24) is 0 Å². The number of thiazole rings is 1. The van der Waals surface area contributed by atoms with E-state index in [0.717, 1.165) is 8.00 Å². The highest BCUT2D eigenvalue weighted by Crippen LogP contribution is 2.52. The highest BCUT2D eigenvalue weighted by Gasteiger charge is 2.31. The van der Waals surface area contributed by atoms with Gasteiger partial charge in [-0.2, -0.15) is 4.57 Å². The first-order chi connectivity index (χ1) is 14.9. The summed E-state index contributed by atoms with van der Waals surface area (Å²) >= 11 is 13.2. The van der Waals surface area contributed by atoms with Crippen LogP contribution in [0.2, 0.25) is 5.02 Å². The van der Waals surface area contributed by atoms with Gasteiger partial charge < -0.3 is 14.0 Å². The van der Waals surface area contributed by atoms with E-state index in [9.17, 15) is 25.9 Å². The zero-order chi connectivity index (χ0) is 23.8. The minimum atomic E-state index is -4.62. The minimum absolute atomic E-state index is 0.373. The molecule has 8 nitrogen and oxygen atoms in total. The number of thiophene rings is 1. The number of halogens is 2. The Morgan fingerprint density at radius 2 is 1.81 bits per heavy atom. The third kappa shape index (κ3) is 5.93. The lowest BCUT2D eigenvalue weighted by atomic mass is 10.3. The third-order valence-electron chi connectivity index (χ3n) is 3.92. The first kappa shape index (κ1) is 25.6. The molecule has 1 aromatic carbocycles. The lowest BCUT2D eigenvalue weighted by Crippen LogP contribution is -2.39. The number of rotatable bonds is 5. The van der Waals surface area contributed by atoms with Gasteiger partial charge in [-0.15, -0.1) is 24.5 Å². The molecule has 0 saturated heterocycles. The monoisotopic (exact) mass is 615 g/mol. The first-order valence-corrected chi connectivity index (χ1v) is 15.1. The van der Waals surface area contributed by atoms with Crippen molar-refractivity contribution in [3.8, 4) is 0 Å². The average molecular weight is 617 g/mol. The molecule has 15 heteroatoms. The predicted octanol–water partition coefficient (Wildman–Crippen LogP) is 4.38. The topological polar surface area (TPSA) is 122 Å². The highest BCUT2D eigenvalue weighted by atomic mass is 79.9. The Bertz CT molecular complexity index is 1430. The van der Waals surface area contributed by atoms with E-state index in [-0.39, 0.29) is 0 Å². The average Bonchev–Trinajstić information content (AvgIpc) is 3.28. The summed E-state index contributed by atoms with van der Waals surface area (Å²) in [6.07, 6.45) is 1.57.